The van der Waals surface area contributed by atoms with Crippen LogP contribution < -0.4 is 5.32 Å². The highest BCUT2D eigenvalue weighted by molar-refractivity contribution is 5.08. The lowest BCUT2D eigenvalue weighted by molar-refractivity contribution is 0.176. The number of aliphatic hydroxyl groups excluding tert-OH is 1. The average Bonchev–Trinajstić information content (AvgIpc) is 2.50. The summed E-state index contributed by atoms with van der Waals surface area (Å²) >= 11 is 0. The summed E-state index contributed by atoms with van der Waals surface area (Å²) in [5.41, 5.74) is 1.30. The fraction of sp³-hybridized carbons (Fsp3) is 0.688. The molecule has 0 amide bonds. The van der Waals surface area contributed by atoms with Crippen molar-refractivity contribution in [2.75, 3.05) is 19.7 Å². The zero-order valence-corrected chi connectivity index (χ0v) is 12.5. The fourth-order valence-corrected chi connectivity index (χ4v) is 2.90. The number of hydrogen-bond donors (Lipinski definition) is 2. The van der Waals surface area contributed by atoms with E-state index in [0.717, 1.165) is 32.5 Å². The molecule has 4 heteroatoms. The molecule has 112 valence electrons. The molecule has 1 fully saturated rings. The van der Waals surface area contributed by atoms with E-state index < -0.39 is 0 Å². The number of rotatable bonds is 7. The Kier molecular flexibility index (Phi) is 6.43. The van der Waals surface area contributed by atoms with Crippen molar-refractivity contribution in [1.82, 2.24) is 15.2 Å². The molecule has 2 heterocycles. The van der Waals surface area contributed by atoms with Crippen molar-refractivity contribution in [1.29, 1.82) is 0 Å². The first kappa shape index (κ1) is 15.4. The number of aliphatic hydroxyl groups is 1. The summed E-state index contributed by atoms with van der Waals surface area (Å²) < 4.78 is 0. The Balaban J connectivity index is 1.72. The van der Waals surface area contributed by atoms with Gasteiger partial charge in [0.1, 0.15) is 0 Å². The van der Waals surface area contributed by atoms with Gasteiger partial charge in [-0.05, 0) is 50.4 Å². The van der Waals surface area contributed by atoms with Crippen molar-refractivity contribution < 1.29 is 5.11 Å². The van der Waals surface area contributed by atoms with Crippen LogP contribution in [0.15, 0.2) is 24.5 Å². The van der Waals surface area contributed by atoms with Crippen molar-refractivity contribution in [2.45, 2.75) is 51.2 Å². The van der Waals surface area contributed by atoms with Gasteiger partial charge in [0, 0.05) is 37.6 Å². The minimum absolute atomic E-state index is 0.283. The molecule has 1 saturated heterocycles. The van der Waals surface area contributed by atoms with E-state index in [9.17, 15) is 0 Å². The van der Waals surface area contributed by atoms with Gasteiger partial charge in [0.05, 0.1) is 0 Å². The molecule has 0 aliphatic carbocycles. The first-order valence-corrected chi connectivity index (χ1v) is 7.80. The molecule has 0 saturated carbocycles. The van der Waals surface area contributed by atoms with E-state index in [0.29, 0.717) is 12.1 Å². The predicted molar refractivity (Wildman–Crippen MR) is 81.5 cm³/mol. The van der Waals surface area contributed by atoms with Gasteiger partial charge in [-0.25, -0.2) is 0 Å². The summed E-state index contributed by atoms with van der Waals surface area (Å²) in [6.45, 7) is 5.76. The maximum atomic E-state index is 9.05. The summed E-state index contributed by atoms with van der Waals surface area (Å²) in [4.78, 5) is 6.68. The van der Waals surface area contributed by atoms with E-state index in [1.807, 2.05) is 18.5 Å². The Labute approximate surface area is 122 Å². The summed E-state index contributed by atoms with van der Waals surface area (Å²) in [5, 5.41) is 12.7. The maximum absolute atomic E-state index is 9.05. The molecule has 2 N–H and O–H groups in total. The largest absolute Gasteiger partial charge is 0.396 e. The highest BCUT2D eigenvalue weighted by Gasteiger charge is 2.21. The number of pyridine rings is 1. The Morgan fingerprint density at radius 2 is 2.25 bits per heavy atom. The van der Waals surface area contributed by atoms with Crippen LogP contribution >= 0.6 is 0 Å². The van der Waals surface area contributed by atoms with E-state index in [1.165, 1.54) is 18.4 Å². The molecule has 1 aromatic rings. The molecule has 20 heavy (non-hydrogen) atoms. The SMILES string of the molecule is CCC(CCO)NC1CCN(Cc2cccnc2)CC1. The number of aromatic nitrogens is 1. The fourth-order valence-electron chi connectivity index (χ4n) is 2.90. The van der Waals surface area contributed by atoms with Crippen molar-refractivity contribution in [2.24, 2.45) is 0 Å². The highest BCUT2D eigenvalue weighted by Crippen LogP contribution is 2.14. The molecule has 4 nitrogen and oxygen atoms in total. The standard InChI is InChI=1S/C16H27N3O/c1-2-15(7-11-20)18-16-5-9-19(10-6-16)13-14-4-3-8-17-12-14/h3-4,8,12,15-16,18,20H,2,5-7,9-11,13H2,1H3. The van der Waals surface area contributed by atoms with Gasteiger partial charge in [-0.2, -0.15) is 0 Å². The molecule has 1 atom stereocenters. The third-order valence-corrected chi connectivity index (χ3v) is 4.16. The van der Waals surface area contributed by atoms with Gasteiger partial charge < -0.3 is 10.4 Å². The smallest absolute Gasteiger partial charge is 0.0445 e. The topological polar surface area (TPSA) is 48.4 Å². The number of piperidine rings is 1. The second-order valence-corrected chi connectivity index (χ2v) is 5.70. The summed E-state index contributed by atoms with van der Waals surface area (Å²) in [6, 6.07) is 5.22. The van der Waals surface area contributed by atoms with Crippen LogP contribution in [0.2, 0.25) is 0 Å². The quantitative estimate of drug-likeness (QED) is 0.798. The highest BCUT2D eigenvalue weighted by atomic mass is 16.3. The van der Waals surface area contributed by atoms with Gasteiger partial charge in [-0.15, -0.1) is 0 Å². The van der Waals surface area contributed by atoms with Gasteiger partial charge in [-0.1, -0.05) is 13.0 Å². The Hall–Kier alpha value is -0.970. The maximum Gasteiger partial charge on any atom is 0.0445 e. The van der Waals surface area contributed by atoms with Gasteiger partial charge in [-0.3, -0.25) is 9.88 Å². The second kappa shape index (κ2) is 8.35. The summed E-state index contributed by atoms with van der Waals surface area (Å²) in [5.74, 6) is 0. The minimum atomic E-state index is 0.283. The van der Waals surface area contributed by atoms with Gasteiger partial charge in [0.2, 0.25) is 0 Å². The second-order valence-electron chi connectivity index (χ2n) is 5.70. The number of nitrogens with zero attached hydrogens (tertiary/aromatic N) is 2. The van der Waals surface area contributed by atoms with E-state index in [4.69, 9.17) is 5.11 Å². The van der Waals surface area contributed by atoms with Gasteiger partial charge >= 0.3 is 0 Å². The molecular formula is C16H27N3O. The van der Waals surface area contributed by atoms with E-state index in [2.05, 4.69) is 28.2 Å². The summed E-state index contributed by atoms with van der Waals surface area (Å²) in [7, 11) is 0. The van der Waals surface area contributed by atoms with Crippen molar-refractivity contribution >= 4 is 0 Å². The lowest BCUT2D eigenvalue weighted by atomic mass is 10.0. The molecule has 0 radical (unpaired) electrons. The zero-order chi connectivity index (χ0) is 14.2. The Morgan fingerprint density at radius 1 is 1.45 bits per heavy atom. The molecule has 1 unspecified atom stereocenters. The van der Waals surface area contributed by atoms with Crippen LogP contribution in [-0.4, -0.2) is 46.8 Å². The van der Waals surface area contributed by atoms with E-state index in [-0.39, 0.29) is 6.61 Å². The van der Waals surface area contributed by atoms with Crippen LogP contribution in [0.25, 0.3) is 0 Å². The molecule has 1 aliphatic rings. The predicted octanol–water partition coefficient (Wildman–Crippen LogP) is 1.80. The molecular weight excluding hydrogens is 250 g/mol. The molecule has 0 aromatic carbocycles. The van der Waals surface area contributed by atoms with Gasteiger partial charge in [0.15, 0.2) is 0 Å². The van der Waals surface area contributed by atoms with E-state index >= 15 is 0 Å². The lowest BCUT2D eigenvalue weighted by Crippen LogP contribution is -2.46. The minimum Gasteiger partial charge on any atom is -0.396 e. The molecule has 0 bridgehead atoms. The van der Waals surface area contributed by atoms with Crippen LogP contribution in [0, 0.1) is 0 Å². The normalized spacial score (nSPS) is 19.1. The summed E-state index contributed by atoms with van der Waals surface area (Å²) in [6.07, 6.45) is 8.14. The van der Waals surface area contributed by atoms with Gasteiger partial charge in [0.25, 0.3) is 0 Å². The average molecular weight is 277 g/mol. The molecule has 1 aliphatic heterocycles. The lowest BCUT2D eigenvalue weighted by Gasteiger charge is -2.34. The van der Waals surface area contributed by atoms with Crippen molar-refractivity contribution in [3.8, 4) is 0 Å². The Morgan fingerprint density at radius 3 is 2.85 bits per heavy atom. The van der Waals surface area contributed by atoms with Crippen LogP contribution in [0.5, 0.6) is 0 Å². The molecule has 2 rings (SSSR count). The first-order valence-electron chi connectivity index (χ1n) is 7.80. The monoisotopic (exact) mass is 277 g/mol. The van der Waals surface area contributed by atoms with Crippen LogP contribution in [-0.2, 0) is 6.54 Å². The number of likely N-dealkylation sites (tertiary alicyclic amines) is 1. The van der Waals surface area contributed by atoms with Crippen molar-refractivity contribution in [3.63, 3.8) is 0 Å². The van der Waals surface area contributed by atoms with Crippen LogP contribution in [0.4, 0.5) is 0 Å². The first-order chi connectivity index (χ1) is 9.81. The third kappa shape index (κ3) is 4.85. The van der Waals surface area contributed by atoms with E-state index in [1.54, 1.807) is 0 Å². The molecule has 1 aromatic heterocycles. The Bertz CT molecular complexity index is 363. The molecule has 0 spiro atoms. The van der Waals surface area contributed by atoms with Crippen LogP contribution in [0.1, 0.15) is 38.2 Å². The zero-order valence-electron chi connectivity index (χ0n) is 12.5. The number of nitrogens with one attached hydrogen (secondary N) is 1. The van der Waals surface area contributed by atoms with Crippen LogP contribution in [0.3, 0.4) is 0 Å². The number of hydrogen-bond acceptors (Lipinski definition) is 4. The van der Waals surface area contributed by atoms with Crippen molar-refractivity contribution in [3.05, 3.63) is 30.1 Å². The third-order valence-electron chi connectivity index (χ3n) is 4.16.